The van der Waals surface area contributed by atoms with Gasteiger partial charge in [-0.15, -0.1) is 0 Å². The Balaban J connectivity index is 1.47. The van der Waals surface area contributed by atoms with Crippen LogP contribution in [0.1, 0.15) is 94.2 Å². The molecule has 5 unspecified atom stereocenters. The van der Waals surface area contributed by atoms with Crippen molar-refractivity contribution in [1.82, 2.24) is 15.5 Å². The topological polar surface area (TPSA) is 124 Å². The summed E-state index contributed by atoms with van der Waals surface area (Å²) in [5, 5.41) is 37.3. The van der Waals surface area contributed by atoms with Crippen molar-refractivity contribution in [3.8, 4) is 5.75 Å². The van der Waals surface area contributed by atoms with Gasteiger partial charge in [0.2, 0.25) is 5.91 Å². The average molecular weight is 652 g/mol. The fourth-order valence-electron chi connectivity index (χ4n) is 6.36. The predicted octanol–water partition coefficient (Wildman–Crippen LogP) is 4.18. The number of piperazine rings is 1. The van der Waals surface area contributed by atoms with E-state index in [1.165, 1.54) is 11.1 Å². The molecule has 0 aromatic heterocycles. The number of aliphatic hydroxyl groups excluding tert-OH is 3. The first-order valence-electron chi connectivity index (χ1n) is 17.1. The van der Waals surface area contributed by atoms with Crippen LogP contribution < -0.4 is 15.4 Å². The summed E-state index contributed by atoms with van der Waals surface area (Å²) in [5.41, 5.74) is 4.66. The van der Waals surface area contributed by atoms with Crippen molar-refractivity contribution in [2.45, 2.75) is 96.7 Å². The molecule has 47 heavy (non-hydrogen) atoms. The van der Waals surface area contributed by atoms with Gasteiger partial charge in [-0.3, -0.25) is 4.79 Å². The number of aliphatic hydroxyl groups is 3. The quantitative estimate of drug-likeness (QED) is 0.219. The second-order valence-electron chi connectivity index (χ2n) is 14.5. The van der Waals surface area contributed by atoms with E-state index in [-0.39, 0.29) is 24.3 Å². The Hall–Kier alpha value is -2.79. The zero-order chi connectivity index (χ0) is 34.4. The number of benzene rings is 2. The minimum absolute atomic E-state index is 0.145. The number of nitrogens with zero attached hydrogens (tertiary/aromatic N) is 1. The van der Waals surface area contributed by atoms with Crippen LogP contribution in [0, 0.1) is 5.41 Å². The Labute approximate surface area is 281 Å². The van der Waals surface area contributed by atoms with Crippen LogP contribution in [0.2, 0.25) is 0 Å². The molecule has 0 bridgehead atoms. The summed E-state index contributed by atoms with van der Waals surface area (Å²) in [6.07, 6.45) is 2.75. The maximum Gasteiger partial charge on any atom is 0.242 e. The van der Waals surface area contributed by atoms with E-state index in [0.717, 1.165) is 49.3 Å². The van der Waals surface area contributed by atoms with Crippen LogP contribution in [0.3, 0.4) is 0 Å². The van der Waals surface area contributed by atoms with Crippen molar-refractivity contribution in [2.24, 2.45) is 5.41 Å². The summed E-state index contributed by atoms with van der Waals surface area (Å²) in [7, 11) is 1.63. The van der Waals surface area contributed by atoms with Crippen molar-refractivity contribution >= 4 is 12.0 Å². The molecule has 260 valence electrons. The summed E-state index contributed by atoms with van der Waals surface area (Å²) in [6.45, 7) is 16.1. The summed E-state index contributed by atoms with van der Waals surface area (Å²) < 4.78 is 11.8. The van der Waals surface area contributed by atoms with Gasteiger partial charge in [0.25, 0.3) is 0 Å². The highest BCUT2D eigenvalue weighted by Gasteiger charge is 2.38. The summed E-state index contributed by atoms with van der Waals surface area (Å²) in [6, 6.07) is 12.8. The Morgan fingerprint density at radius 2 is 1.83 bits per heavy atom. The van der Waals surface area contributed by atoms with Crippen molar-refractivity contribution in [2.75, 3.05) is 46.4 Å². The van der Waals surface area contributed by atoms with Crippen LogP contribution in [0.25, 0.3) is 6.08 Å². The maximum absolute atomic E-state index is 13.1. The molecule has 5 atom stereocenters. The summed E-state index contributed by atoms with van der Waals surface area (Å²) in [4.78, 5) is 15.1. The van der Waals surface area contributed by atoms with Crippen molar-refractivity contribution in [1.29, 1.82) is 0 Å². The number of nitrogens with one attached hydrogen (secondary N) is 2. The maximum atomic E-state index is 13.1. The fraction of sp³-hybridized carbons (Fsp3) is 0.605. The van der Waals surface area contributed by atoms with Gasteiger partial charge < -0.3 is 40.3 Å². The molecule has 0 saturated carbocycles. The fourth-order valence-corrected chi connectivity index (χ4v) is 6.36. The third kappa shape index (κ3) is 9.43. The standard InChI is InChI=1S/C38H57N3O6/c1-8-25(2)29-21-32(46-7)30(33-22-31(43)35(44)34(23-42)47-33)20-28(29)19-27-11-9-26(10-12-27)13-14-37(3,4)24-40-38(5,6)36(45)41-17-15-39-16-18-41/h9-14,20-21,25,31,33-35,39-40,42-44H,8,15-19,22-24H2,1-7H3. The zero-order valence-electron chi connectivity index (χ0n) is 29.4. The van der Waals surface area contributed by atoms with Crippen molar-refractivity contribution < 1.29 is 29.6 Å². The van der Waals surface area contributed by atoms with Gasteiger partial charge in [-0.2, -0.15) is 0 Å². The van der Waals surface area contributed by atoms with Gasteiger partial charge >= 0.3 is 0 Å². The van der Waals surface area contributed by atoms with Crippen molar-refractivity contribution in [3.63, 3.8) is 0 Å². The molecule has 4 rings (SSSR count). The lowest BCUT2D eigenvalue weighted by molar-refractivity contribution is -0.181. The number of carbonyl (C=O) groups excluding carboxylic acids is 1. The molecule has 1 amide bonds. The lowest BCUT2D eigenvalue weighted by Crippen LogP contribution is -2.59. The number of ether oxygens (including phenoxy) is 2. The zero-order valence-corrected chi connectivity index (χ0v) is 29.4. The first-order chi connectivity index (χ1) is 22.3. The largest absolute Gasteiger partial charge is 0.496 e. The van der Waals surface area contributed by atoms with E-state index in [0.29, 0.717) is 24.6 Å². The molecule has 5 N–H and O–H groups in total. The molecule has 2 aromatic rings. The number of amides is 1. The Morgan fingerprint density at radius 1 is 1.15 bits per heavy atom. The van der Waals surface area contributed by atoms with Gasteiger partial charge in [-0.05, 0) is 72.4 Å². The van der Waals surface area contributed by atoms with E-state index in [2.05, 4.69) is 86.9 Å². The van der Waals surface area contributed by atoms with Gasteiger partial charge in [0.1, 0.15) is 18.0 Å². The molecule has 2 aromatic carbocycles. The molecular weight excluding hydrogens is 594 g/mol. The first-order valence-corrected chi connectivity index (χ1v) is 17.1. The predicted molar refractivity (Wildman–Crippen MR) is 187 cm³/mol. The van der Waals surface area contributed by atoms with E-state index >= 15 is 0 Å². The van der Waals surface area contributed by atoms with Gasteiger partial charge in [-0.25, -0.2) is 0 Å². The van der Waals surface area contributed by atoms with Crippen LogP contribution in [0.15, 0.2) is 42.5 Å². The molecule has 0 spiro atoms. The normalized spacial score (nSPS) is 23.2. The monoisotopic (exact) mass is 651 g/mol. The van der Waals surface area contributed by atoms with Crippen LogP contribution in [0.5, 0.6) is 5.75 Å². The molecule has 9 nitrogen and oxygen atoms in total. The van der Waals surface area contributed by atoms with Crippen LogP contribution in [-0.4, -0.2) is 96.4 Å². The Morgan fingerprint density at radius 3 is 2.45 bits per heavy atom. The van der Waals surface area contributed by atoms with Gasteiger partial charge in [0, 0.05) is 44.7 Å². The summed E-state index contributed by atoms with van der Waals surface area (Å²) >= 11 is 0. The minimum atomic E-state index is -1.13. The van der Waals surface area contributed by atoms with Crippen LogP contribution in [0.4, 0.5) is 0 Å². The number of hydrogen-bond acceptors (Lipinski definition) is 8. The number of hydrogen-bond donors (Lipinski definition) is 5. The second kappa shape index (κ2) is 16.1. The van der Waals surface area contributed by atoms with Crippen molar-refractivity contribution in [3.05, 3.63) is 70.3 Å². The van der Waals surface area contributed by atoms with E-state index in [9.17, 15) is 20.1 Å². The lowest BCUT2D eigenvalue weighted by atomic mass is 9.86. The average Bonchev–Trinajstić information content (AvgIpc) is 3.07. The van der Waals surface area contributed by atoms with Gasteiger partial charge in [-0.1, -0.05) is 64.1 Å². The van der Waals surface area contributed by atoms with E-state index in [4.69, 9.17) is 9.47 Å². The number of rotatable bonds is 13. The molecule has 2 saturated heterocycles. The van der Waals surface area contributed by atoms with Gasteiger partial charge in [0.05, 0.1) is 31.5 Å². The minimum Gasteiger partial charge on any atom is -0.496 e. The molecule has 2 fully saturated rings. The highest BCUT2D eigenvalue weighted by Crippen LogP contribution is 2.40. The SMILES string of the molecule is CCC(C)c1cc(OC)c(C2CC(O)C(O)C(CO)O2)cc1Cc1ccc(C=CC(C)(C)CNC(C)(C)C(=O)N2CCNCC2)cc1. The number of carbonyl (C=O) groups is 1. The highest BCUT2D eigenvalue weighted by molar-refractivity contribution is 5.85. The molecule has 2 aliphatic heterocycles. The molecular formula is C38H57N3O6. The van der Waals surface area contributed by atoms with E-state index < -0.39 is 30.0 Å². The second-order valence-corrected chi connectivity index (χ2v) is 14.5. The molecule has 2 heterocycles. The first kappa shape index (κ1) is 37.0. The lowest BCUT2D eigenvalue weighted by Gasteiger charge is -2.37. The number of methoxy groups -OCH3 is 1. The molecule has 9 heteroatoms. The van der Waals surface area contributed by atoms with E-state index in [1.807, 2.05) is 18.7 Å². The Bertz CT molecular complexity index is 1350. The van der Waals surface area contributed by atoms with E-state index in [1.54, 1.807) is 7.11 Å². The molecule has 2 aliphatic rings. The summed E-state index contributed by atoms with van der Waals surface area (Å²) in [5.74, 6) is 1.14. The van der Waals surface area contributed by atoms with Gasteiger partial charge in [0.15, 0.2) is 0 Å². The molecule has 0 aliphatic carbocycles. The third-order valence-corrected chi connectivity index (χ3v) is 9.76. The van der Waals surface area contributed by atoms with Crippen LogP contribution >= 0.6 is 0 Å². The smallest absolute Gasteiger partial charge is 0.242 e. The van der Waals surface area contributed by atoms with Crippen LogP contribution in [-0.2, 0) is 16.0 Å². The Kier molecular flexibility index (Phi) is 12.7. The molecule has 0 radical (unpaired) electrons. The highest BCUT2D eigenvalue weighted by atomic mass is 16.5. The third-order valence-electron chi connectivity index (χ3n) is 9.76.